The van der Waals surface area contributed by atoms with Gasteiger partial charge in [0.25, 0.3) is 0 Å². The van der Waals surface area contributed by atoms with Gasteiger partial charge >= 0.3 is 0 Å². The largest absolute Gasteiger partial charge is 0.207 e. The molecular weight excluding hydrogens is 278 g/mol. The molecule has 0 aromatic heterocycles. The van der Waals surface area contributed by atoms with Gasteiger partial charge in [0.2, 0.25) is 0 Å². The summed E-state index contributed by atoms with van der Waals surface area (Å²) in [4.78, 5) is 0. The van der Waals surface area contributed by atoms with Crippen molar-refractivity contribution in [1.29, 1.82) is 0 Å². The highest BCUT2D eigenvalue weighted by atomic mass is 19.1. The van der Waals surface area contributed by atoms with E-state index in [0.717, 1.165) is 47.8 Å². The van der Waals surface area contributed by atoms with Gasteiger partial charge in [-0.1, -0.05) is 32.3 Å². The standard InChI is InChI=1S/C20H26F2/c1-2-14-3-5-15(6-4-14)16-7-9-17(10-8-16)18-11-19(21)13-20(22)12-18/h9,11-16H,2-8,10H2,1H3. The molecule has 0 heterocycles. The molecule has 2 aliphatic carbocycles. The Bertz CT molecular complexity index is 518. The Hall–Kier alpha value is -1.18. The maximum atomic E-state index is 13.4. The third-order valence-corrected chi connectivity index (χ3v) is 5.82. The number of rotatable bonds is 3. The second-order valence-electron chi connectivity index (χ2n) is 7.11. The summed E-state index contributed by atoms with van der Waals surface area (Å²) in [6, 6.07) is 3.87. The molecule has 3 rings (SSSR count). The van der Waals surface area contributed by atoms with Gasteiger partial charge in [-0.25, -0.2) is 8.78 Å². The molecule has 0 saturated heterocycles. The smallest absolute Gasteiger partial charge is 0.126 e. The van der Waals surface area contributed by atoms with Crippen molar-refractivity contribution in [3.63, 3.8) is 0 Å². The summed E-state index contributed by atoms with van der Waals surface area (Å²) in [5.41, 5.74) is 1.85. The summed E-state index contributed by atoms with van der Waals surface area (Å²) in [5, 5.41) is 0. The van der Waals surface area contributed by atoms with Crippen LogP contribution in [0.4, 0.5) is 8.78 Å². The van der Waals surface area contributed by atoms with Crippen molar-refractivity contribution in [2.45, 2.75) is 58.3 Å². The molecule has 22 heavy (non-hydrogen) atoms. The predicted molar refractivity (Wildman–Crippen MR) is 87.4 cm³/mol. The minimum absolute atomic E-state index is 0.476. The molecule has 0 aliphatic heterocycles. The lowest BCUT2D eigenvalue weighted by atomic mass is 9.70. The minimum Gasteiger partial charge on any atom is -0.207 e. The molecule has 1 aromatic rings. The number of benzene rings is 1. The fourth-order valence-corrected chi connectivity index (χ4v) is 4.35. The molecule has 2 aliphatic rings. The van der Waals surface area contributed by atoms with Crippen molar-refractivity contribution in [2.24, 2.45) is 17.8 Å². The van der Waals surface area contributed by atoms with Crippen LogP contribution in [0.15, 0.2) is 24.3 Å². The van der Waals surface area contributed by atoms with Crippen LogP contribution in [0.1, 0.15) is 63.9 Å². The minimum atomic E-state index is -0.476. The SMILES string of the molecule is CCC1CCC(C2CC=C(c3cc(F)cc(F)c3)CC2)CC1. The summed E-state index contributed by atoms with van der Waals surface area (Å²) in [7, 11) is 0. The van der Waals surface area contributed by atoms with Crippen LogP contribution in [-0.4, -0.2) is 0 Å². The van der Waals surface area contributed by atoms with Crippen LogP contribution in [0.25, 0.3) is 5.57 Å². The molecule has 1 aromatic carbocycles. The highest BCUT2D eigenvalue weighted by Gasteiger charge is 2.28. The maximum Gasteiger partial charge on any atom is 0.126 e. The Kier molecular flexibility index (Phi) is 4.95. The molecule has 0 amide bonds. The summed E-state index contributed by atoms with van der Waals surface area (Å²) >= 11 is 0. The third kappa shape index (κ3) is 3.59. The molecule has 1 fully saturated rings. The van der Waals surface area contributed by atoms with E-state index in [1.165, 1.54) is 50.7 Å². The van der Waals surface area contributed by atoms with E-state index in [0.29, 0.717) is 0 Å². The summed E-state index contributed by atoms with van der Waals surface area (Å²) in [6.45, 7) is 2.30. The van der Waals surface area contributed by atoms with Crippen molar-refractivity contribution in [3.05, 3.63) is 41.5 Å². The van der Waals surface area contributed by atoms with Gasteiger partial charge < -0.3 is 0 Å². The third-order valence-electron chi connectivity index (χ3n) is 5.82. The summed E-state index contributed by atoms with van der Waals surface area (Å²) < 4.78 is 26.7. The molecule has 2 heteroatoms. The van der Waals surface area contributed by atoms with Crippen molar-refractivity contribution in [2.75, 3.05) is 0 Å². The van der Waals surface area contributed by atoms with Crippen molar-refractivity contribution in [3.8, 4) is 0 Å². The van der Waals surface area contributed by atoms with Crippen molar-refractivity contribution >= 4 is 5.57 Å². The average molecular weight is 304 g/mol. The molecule has 0 radical (unpaired) electrons. The van der Waals surface area contributed by atoms with Gasteiger partial charge in [-0.05, 0) is 73.1 Å². The number of hydrogen-bond donors (Lipinski definition) is 0. The summed E-state index contributed by atoms with van der Waals surface area (Å²) in [5.74, 6) is 1.64. The van der Waals surface area contributed by atoms with E-state index in [1.54, 1.807) is 0 Å². The van der Waals surface area contributed by atoms with Crippen LogP contribution in [0.3, 0.4) is 0 Å². The fourth-order valence-electron chi connectivity index (χ4n) is 4.35. The van der Waals surface area contributed by atoms with E-state index < -0.39 is 11.6 Å². The van der Waals surface area contributed by atoms with Crippen molar-refractivity contribution in [1.82, 2.24) is 0 Å². The zero-order valence-electron chi connectivity index (χ0n) is 13.5. The maximum absolute atomic E-state index is 13.4. The Labute approximate surface area is 132 Å². The second-order valence-corrected chi connectivity index (χ2v) is 7.11. The zero-order chi connectivity index (χ0) is 15.5. The van der Waals surface area contributed by atoms with Gasteiger partial charge in [0, 0.05) is 6.07 Å². The van der Waals surface area contributed by atoms with Crippen LogP contribution < -0.4 is 0 Å². The first-order valence-corrected chi connectivity index (χ1v) is 8.81. The lowest BCUT2D eigenvalue weighted by Crippen LogP contribution is -2.23. The normalized spacial score (nSPS) is 29.2. The summed E-state index contributed by atoms with van der Waals surface area (Å²) in [6.07, 6.45) is 12.3. The van der Waals surface area contributed by atoms with E-state index in [9.17, 15) is 8.78 Å². The first-order chi connectivity index (χ1) is 10.7. The van der Waals surface area contributed by atoms with Gasteiger partial charge in [-0.15, -0.1) is 0 Å². The number of halogens is 2. The van der Waals surface area contributed by atoms with Crippen LogP contribution in [0.2, 0.25) is 0 Å². The zero-order valence-corrected chi connectivity index (χ0v) is 13.5. The van der Waals surface area contributed by atoms with Crippen LogP contribution in [-0.2, 0) is 0 Å². The van der Waals surface area contributed by atoms with Crippen LogP contribution >= 0.6 is 0 Å². The first kappa shape index (κ1) is 15.7. The highest BCUT2D eigenvalue weighted by molar-refractivity contribution is 5.66. The highest BCUT2D eigenvalue weighted by Crippen LogP contribution is 2.41. The Morgan fingerprint density at radius 3 is 2.14 bits per heavy atom. The van der Waals surface area contributed by atoms with Crippen LogP contribution in [0.5, 0.6) is 0 Å². The molecule has 0 N–H and O–H groups in total. The van der Waals surface area contributed by atoms with Gasteiger partial charge in [0.1, 0.15) is 11.6 Å². The monoisotopic (exact) mass is 304 g/mol. The van der Waals surface area contributed by atoms with Gasteiger partial charge in [-0.3, -0.25) is 0 Å². The fraction of sp³-hybridized carbons (Fsp3) is 0.600. The molecule has 0 nitrogen and oxygen atoms in total. The molecule has 1 unspecified atom stereocenters. The van der Waals surface area contributed by atoms with E-state index in [4.69, 9.17) is 0 Å². The Morgan fingerprint density at radius 2 is 1.59 bits per heavy atom. The number of allylic oxidation sites excluding steroid dienone is 2. The van der Waals surface area contributed by atoms with E-state index in [2.05, 4.69) is 13.0 Å². The Balaban J connectivity index is 1.62. The van der Waals surface area contributed by atoms with Crippen molar-refractivity contribution < 1.29 is 8.78 Å². The molecule has 1 saturated carbocycles. The van der Waals surface area contributed by atoms with E-state index in [-0.39, 0.29) is 0 Å². The van der Waals surface area contributed by atoms with Crippen LogP contribution in [0, 0.1) is 29.4 Å². The molecule has 1 atom stereocenters. The van der Waals surface area contributed by atoms with E-state index >= 15 is 0 Å². The first-order valence-electron chi connectivity index (χ1n) is 8.81. The molecular formula is C20H26F2. The topological polar surface area (TPSA) is 0 Å². The predicted octanol–water partition coefficient (Wildman–Crippen LogP) is 6.36. The lowest BCUT2D eigenvalue weighted by Gasteiger charge is -2.35. The van der Waals surface area contributed by atoms with Gasteiger partial charge in [0.05, 0.1) is 0 Å². The quantitative estimate of drug-likeness (QED) is 0.609. The van der Waals surface area contributed by atoms with Gasteiger partial charge in [-0.2, -0.15) is 0 Å². The average Bonchev–Trinajstić information content (AvgIpc) is 2.54. The number of hydrogen-bond acceptors (Lipinski definition) is 0. The molecule has 0 spiro atoms. The Morgan fingerprint density at radius 1 is 0.909 bits per heavy atom. The van der Waals surface area contributed by atoms with E-state index in [1.807, 2.05) is 0 Å². The second kappa shape index (κ2) is 6.93. The molecule has 0 bridgehead atoms. The molecule has 120 valence electrons. The van der Waals surface area contributed by atoms with Gasteiger partial charge in [0.15, 0.2) is 0 Å². The lowest BCUT2D eigenvalue weighted by molar-refractivity contribution is 0.192.